The van der Waals surface area contributed by atoms with Crippen molar-refractivity contribution < 1.29 is 4.79 Å². The van der Waals surface area contributed by atoms with Crippen LogP contribution in [0, 0.1) is 0 Å². The fourth-order valence-corrected chi connectivity index (χ4v) is 2.89. The van der Waals surface area contributed by atoms with Crippen LogP contribution in [0.15, 0.2) is 12.4 Å². The van der Waals surface area contributed by atoms with Crippen LogP contribution in [0.4, 0.5) is 0 Å². The number of carbonyl (C=O) groups excluding carboxylic acids is 1. The Morgan fingerprint density at radius 1 is 1.37 bits per heavy atom. The van der Waals surface area contributed by atoms with Gasteiger partial charge in [0.05, 0.1) is 0 Å². The minimum absolute atomic E-state index is 0.127. The van der Waals surface area contributed by atoms with Crippen LogP contribution < -0.4 is 10.6 Å². The topological polar surface area (TPSA) is 46.1 Å². The molecule has 0 fully saturated rings. The Balaban J connectivity index is 1.98. The molecular formula is C15H25N3O. The molecule has 0 saturated carbocycles. The molecule has 1 amide bonds. The molecular weight excluding hydrogens is 238 g/mol. The highest BCUT2D eigenvalue weighted by molar-refractivity contribution is 5.75. The second-order valence-corrected chi connectivity index (χ2v) is 5.34. The summed E-state index contributed by atoms with van der Waals surface area (Å²) in [7, 11) is 3.74. The molecule has 0 bridgehead atoms. The molecule has 1 aromatic rings. The fourth-order valence-electron chi connectivity index (χ4n) is 2.89. The summed E-state index contributed by atoms with van der Waals surface area (Å²) in [6, 6.07) is 0.498. The molecule has 2 rings (SSSR count). The Labute approximate surface area is 115 Å². The lowest BCUT2D eigenvalue weighted by molar-refractivity contribution is -0.120. The van der Waals surface area contributed by atoms with Gasteiger partial charge in [-0.25, -0.2) is 0 Å². The van der Waals surface area contributed by atoms with Crippen LogP contribution >= 0.6 is 0 Å². The first-order chi connectivity index (χ1) is 9.24. The number of carbonyl (C=O) groups is 1. The second kappa shape index (κ2) is 6.75. The van der Waals surface area contributed by atoms with E-state index < -0.39 is 0 Å². The van der Waals surface area contributed by atoms with Crippen molar-refractivity contribution >= 4 is 5.91 Å². The van der Waals surface area contributed by atoms with Crippen LogP contribution in [0.2, 0.25) is 0 Å². The molecule has 0 radical (unpaired) electrons. The number of rotatable bonds is 5. The van der Waals surface area contributed by atoms with Crippen molar-refractivity contribution in [3.63, 3.8) is 0 Å². The van der Waals surface area contributed by atoms with Crippen LogP contribution in [0.3, 0.4) is 0 Å². The van der Waals surface area contributed by atoms with Gasteiger partial charge in [0, 0.05) is 38.4 Å². The first kappa shape index (κ1) is 14.1. The summed E-state index contributed by atoms with van der Waals surface area (Å²) < 4.78 is 2.25. The van der Waals surface area contributed by atoms with Crippen LogP contribution in [-0.2, 0) is 17.8 Å². The highest BCUT2D eigenvalue weighted by Crippen LogP contribution is 2.29. The second-order valence-electron chi connectivity index (χ2n) is 5.34. The summed E-state index contributed by atoms with van der Waals surface area (Å²) in [5.41, 5.74) is 2.94. The van der Waals surface area contributed by atoms with Gasteiger partial charge in [-0.2, -0.15) is 0 Å². The van der Waals surface area contributed by atoms with Gasteiger partial charge in [-0.3, -0.25) is 4.79 Å². The van der Waals surface area contributed by atoms with Gasteiger partial charge < -0.3 is 15.2 Å². The Morgan fingerprint density at radius 2 is 2.21 bits per heavy atom. The van der Waals surface area contributed by atoms with Gasteiger partial charge in [0.25, 0.3) is 0 Å². The Kier molecular flexibility index (Phi) is 5.02. The van der Waals surface area contributed by atoms with Crippen molar-refractivity contribution in [1.29, 1.82) is 0 Å². The summed E-state index contributed by atoms with van der Waals surface area (Å²) in [4.78, 5) is 11.2. The van der Waals surface area contributed by atoms with Gasteiger partial charge in [0.15, 0.2) is 0 Å². The first-order valence-electron chi connectivity index (χ1n) is 7.31. The van der Waals surface area contributed by atoms with Crippen molar-refractivity contribution in [2.24, 2.45) is 0 Å². The summed E-state index contributed by atoms with van der Waals surface area (Å²) >= 11 is 0. The van der Waals surface area contributed by atoms with E-state index in [-0.39, 0.29) is 5.91 Å². The Hall–Kier alpha value is -1.29. The predicted octanol–water partition coefficient (Wildman–Crippen LogP) is 2.00. The summed E-state index contributed by atoms with van der Waals surface area (Å²) in [5.74, 6) is 0.127. The molecule has 4 nitrogen and oxygen atoms in total. The van der Waals surface area contributed by atoms with E-state index in [9.17, 15) is 4.79 Å². The molecule has 0 aliphatic heterocycles. The van der Waals surface area contributed by atoms with E-state index in [1.807, 2.05) is 7.05 Å². The maximum atomic E-state index is 11.2. The number of hydrogen-bond acceptors (Lipinski definition) is 2. The van der Waals surface area contributed by atoms with Crippen molar-refractivity contribution in [3.8, 4) is 0 Å². The highest BCUT2D eigenvalue weighted by Gasteiger charge is 2.18. The molecule has 1 atom stereocenters. The zero-order valence-electron chi connectivity index (χ0n) is 12.0. The minimum atomic E-state index is 0.127. The zero-order valence-corrected chi connectivity index (χ0v) is 12.0. The molecule has 106 valence electrons. The van der Waals surface area contributed by atoms with E-state index >= 15 is 0 Å². The molecule has 19 heavy (non-hydrogen) atoms. The lowest BCUT2D eigenvalue weighted by Gasteiger charge is -2.13. The van der Waals surface area contributed by atoms with E-state index in [1.165, 1.54) is 36.8 Å². The molecule has 0 aromatic carbocycles. The van der Waals surface area contributed by atoms with Gasteiger partial charge in [-0.1, -0.05) is 6.42 Å². The normalized spacial score (nSPS) is 18.7. The number of fused-ring (bicyclic) bond motifs is 1. The van der Waals surface area contributed by atoms with Gasteiger partial charge >= 0.3 is 0 Å². The van der Waals surface area contributed by atoms with Gasteiger partial charge in [0.2, 0.25) is 5.91 Å². The standard InChI is InChI=1S/C15H25N3O/c1-16-14-7-4-3-6-12-10-18(11-13(12)14)9-5-8-15(19)17-2/h10-11,14,16H,3-9H2,1-2H3,(H,17,19). The van der Waals surface area contributed by atoms with Crippen molar-refractivity contribution in [2.75, 3.05) is 14.1 Å². The summed E-state index contributed by atoms with van der Waals surface area (Å²) in [6.45, 7) is 0.927. The Morgan fingerprint density at radius 3 is 2.95 bits per heavy atom. The molecule has 0 spiro atoms. The van der Waals surface area contributed by atoms with Crippen LogP contribution in [0.5, 0.6) is 0 Å². The van der Waals surface area contributed by atoms with Gasteiger partial charge in [-0.15, -0.1) is 0 Å². The Bertz CT molecular complexity index is 425. The first-order valence-corrected chi connectivity index (χ1v) is 7.31. The smallest absolute Gasteiger partial charge is 0.219 e. The maximum Gasteiger partial charge on any atom is 0.219 e. The molecule has 1 aliphatic carbocycles. The van der Waals surface area contributed by atoms with Crippen molar-refractivity contribution in [3.05, 3.63) is 23.5 Å². The maximum absolute atomic E-state index is 11.2. The molecule has 1 unspecified atom stereocenters. The largest absolute Gasteiger partial charge is 0.359 e. The minimum Gasteiger partial charge on any atom is -0.359 e. The van der Waals surface area contributed by atoms with Crippen molar-refractivity contribution in [1.82, 2.24) is 15.2 Å². The lowest BCUT2D eigenvalue weighted by atomic mass is 10.1. The quantitative estimate of drug-likeness (QED) is 0.798. The molecule has 1 aromatic heterocycles. The average Bonchev–Trinajstić information content (AvgIpc) is 2.72. The third kappa shape index (κ3) is 3.60. The summed E-state index contributed by atoms with van der Waals surface area (Å²) in [5, 5.41) is 6.09. The number of nitrogens with zero attached hydrogens (tertiary/aromatic N) is 1. The average molecular weight is 263 g/mol. The van der Waals surface area contributed by atoms with E-state index in [0.717, 1.165) is 13.0 Å². The van der Waals surface area contributed by atoms with Gasteiger partial charge in [0.1, 0.15) is 0 Å². The monoisotopic (exact) mass is 263 g/mol. The van der Waals surface area contributed by atoms with Gasteiger partial charge in [-0.05, 0) is 43.9 Å². The lowest BCUT2D eigenvalue weighted by Crippen LogP contribution is -2.17. The highest BCUT2D eigenvalue weighted by atomic mass is 16.1. The van der Waals surface area contributed by atoms with E-state index in [2.05, 4.69) is 27.6 Å². The third-order valence-electron chi connectivity index (χ3n) is 4.01. The molecule has 4 heteroatoms. The van der Waals surface area contributed by atoms with Crippen LogP contribution in [0.1, 0.15) is 49.3 Å². The predicted molar refractivity (Wildman–Crippen MR) is 77.1 cm³/mol. The third-order valence-corrected chi connectivity index (χ3v) is 4.01. The molecule has 0 saturated heterocycles. The number of hydrogen-bond donors (Lipinski definition) is 2. The molecule has 1 aliphatic rings. The number of aromatic nitrogens is 1. The number of nitrogens with one attached hydrogen (secondary N) is 2. The molecule has 2 N–H and O–H groups in total. The van der Waals surface area contributed by atoms with E-state index in [0.29, 0.717) is 12.5 Å². The van der Waals surface area contributed by atoms with Crippen LogP contribution in [0.25, 0.3) is 0 Å². The zero-order chi connectivity index (χ0) is 13.7. The van der Waals surface area contributed by atoms with E-state index in [1.54, 1.807) is 7.05 Å². The molecule has 1 heterocycles. The number of amides is 1. The fraction of sp³-hybridized carbons (Fsp3) is 0.667. The van der Waals surface area contributed by atoms with Crippen molar-refractivity contribution in [2.45, 2.75) is 51.1 Å². The number of aryl methyl sites for hydroxylation is 2. The SMILES string of the molecule is CNC(=O)CCCn1cc2c(c1)C(NC)CCCC2. The van der Waals surface area contributed by atoms with E-state index in [4.69, 9.17) is 0 Å². The summed E-state index contributed by atoms with van der Waals surface area (Å²) in [6.07, 6.45) is 11.1. The van der Waals surface area contributed by atoms with Crippen LogP contribution in [-0.4, -0.2) is 24.6 Å².